The minimum absolute atomic E-state index is 0.323. The van der Waals surface area contributed by atoms with E-state index < -0.39 is 0 Å². The van der Waals surface area contributed by atoms with Gasteiger partial charge in [-0.3, -0.25) is 0 Å². The van der Waals surface area contributed by atoms with Crippen molar-refractivity contribution in [2.24, 2.45) is 0 Å². The van der Waals surface area contributed by atoms with Crippen molar-refractivity contribution in [2.45, 2.75) is 20.1 Å². The molecule has 3 nitrogen and oxygen atoms in total. The molecule has 0 spiro atoms. The minimum atomic E-state index is 0.323. The van der Waals surface area contributed by atoms with Crippen molar-refractivity contribution in [3.05, 3.63) is 84.4 Å². The second-order valence-corrected chi connectivity index (χ2v) is 8.61. The summed E-state index contributed by atoms with van der Waals surface area (Å²) in [6.45, 7) is 3.42. The second kappa shape index (κ2) is 10.6. The van der Waals surface area contributed by atoms with Crippen LogP contribution < -0.4 is 14.8 Å². The Kier molecular flexibility index (Phi) is 8.18. The van der Waals surface area contributed by atoms with E-state index in [2.05, 4.69) is 34.0 Å². The molecular weight excluding hydrogens is 544 g/mol. The van der Waals surface area contributed by atoms with Gasteiger partial charge >= 0.3 is 0 Å². The Morgan fingerprint density at radius 1 is 0.931 bits per heavy atom. The number of ether oxygens (including phenoxy) is 2. The normalized spacial score (nSPS) is 10.7. The first-order valence-corrected chi connectivity index (χ1v) is 11.2. The van der Waals surface area contributed by atoms with Gasteiger partial charge in [0.1, 0.15) is 6.61 Å². The fourth-order valence-electron chi connectivity index (χ4n) is 2.72. The highest BCUT2D eigenvalue weighted by molar-refractivity contribution is 14.1. The number of benzene rings is 3. The number of hydrogen-bond donors (Lipinski definition) is 1. The molecule has 0 saturated carbocycles. The Morgan fingerprint density at radius 2 is 1.72 bits per heavy atom. The molecule has 0 aliphatic rings. The van der Waals surface area contributed by atoms with Crippen molar-refractivity contribution in [2.75, 3.05) is 11.9 Å². The Morgan fingerprint density at radius 3 is 2.45 bits per heavy atom. The maximum absolute atomic E-state index is 6.26. The molecule has 152 valence electrons. The molecule has 0 amide bonds. The number of hydrogen-bond acceptors (Lipinski definition) is 3. The molecule has 3 aromatic rings. The zero-order valence-electron chi connectivity index (χ0n) is 15.6. The van der Waals surface area contributed by atoms with Crippen LogP contribution >= 0.6 is 57.4 Å². The summed E-state index contributed by atoms with van der Waals surface area (Å²) < 4.78 is 12.9. The zero-order valence-corrected chi connectivity index (χ0v) is 20.1. The number of halogens is 4. The molecule has 0 aliphatic carbocycles. The van der Waals surface area contributed by atoms with Crippen LogP contribution in [0.1, 0.15) is 18.1 Å². The molecule has 0 fully saturated rings. The third-order valence-electron chi connectivity index (χ3n) is 4.11. The Bertz CT molecular complexity index is 998. The van der Waals surface area contributed by atoms with Gasteiger partial charge in [0, 0.05) is 22.2 Å². The summed E-state index contributed by atoms with van der Waals surface area (Å²) in [6.07, 6.45) is 0. The van der Waals surface area contributed by atoms with Crippen LogP contribution in [0.25, 0.3) is 0 Å². The van der Waals surface area contributed by atoms with E-state index in [0.29, 0.717) is 46.3 Å². The molecule has 0 unspecified atom stereocenters. The van der Waals surface area contributed by atoms with E-state index in [9.17, 15) is 0 Å². The molecule has 1 N–H and O–H groups in total. The van der Waals surface area contributed by atoms with Crippen LogP contribution in [0, 0.1) is 3.57 Å². The van der Waals surface area contributed by atoms with Crippen LogP contribution in [0.4, 0.5) is 5.69 Å². The van der Waals surface area contributed by atoms with Crippen molar-refractivity contribution < 1.29 is 9.47 Å². The molecule has 0 aliphatic heterocycles. The highest BCUT2D eigenvalue weighted by Crippen LogP contribution is 2.36. The third kappa shape index (κ3) is 6.07. The van der Waals surface area contributed by atoms with Crippen LogP contribution in [-0.2, 0) is 13.2 Å². The average molecular weight is 563 g/mol. The number of rotatable bonds is 8. The Hall–Kier alpha value is -1.34. The SMILES string of the molecule is CCOc1cc(CNc2ccccc2Cl)cc(I)c1OCc1ccc(Cl)cc1Cl. The predicted octanol–water partition coefficient (Wildman–Crippen LogP) is 7.84. The van der Waals surface area contributed by atoms with Crippen molar-refractivity contribution in [1.82, 2.24) is 0 Å². The highest BCUT2D eigenvalue weighted by atomic mass is 127. The van der Waals surface area contributed by atoms with Crippen LogP contribution in [0.2, 0.25) is 15.1 Å². The average Bonchev–Trinajstić information content (AvgIpc) is 2.68. The highest BCUT2D eigenvalue weighted by Gasteiger charge is 2.14. The molecule has 0 aromatic heterocycles. The van der Waals surface area contributed by atoms with Crippen LogP contribution in [0.5, 0.6) is 11.5 Å². The van der Waals surface area contributed by atoms with Gasteiger partial charge in [0.15, 0.2) is 11.5 Å². The van der Waals surface area contributed by atoms with E-state index in [-0.39, 0.29) is 0 Å². The minimum Gasteiger partial charge on any atom is -0.490 e. The van der Waals surface area contributed by atoms with Crippen molar-refractivity contribution >= 4 is 63.1 Å². The van der Waals surface area contributed by atoms with E-state index in [4.69, 9.17) is 44.3 Å². The van der Waals surface area contributed by atoms with Gasteiger partial charge in [-0.1, -0.05) is 53.0 Å². The van der Waals surface area contributed by atoms with Gasteiger partial charge in [0.2, 0.25) is 0 Å². The zero-order chi connectivity index (χ0) is 20.8. The van der Waals surface area contributed by atoms with Crippen molar-refractivity contribution in [3.63, 3.8) is 0 Å². The van der Waals surface area contributed by atoms with Gasteiger partial charge in [-0.15, -0.1) is 0 Å². The summed E-state index contributed by atoms with van der Waals surface area (Å²) >= 11 is 20.7. The molecule has 0 radical (unpaired) electrons. The number of nitrogens with one attached hydrogen (secondary N) is 1. The third-order valence-corrected chi connectivity index (χ3v) is 5.83. The van der Waals surface area contributed by atoms with E-state index in [1.807, 2.05) is 43.3 Å². The van der Waals surface area contributed by atoms with Crippen LogP contribution in [-0.4, -0.2) is 6.61 Å². The summed E-state index contributed by atoms with van der Waals surface area (Å²) in [7, 11) is 0. The van der Waals surface area contributed by atoms with Gasteiger partial charge < -0.3 is 14.8 Å². The molecule has 7 heteroatoms. The molecule has 0 saturated heterocycles. The van der Waals surface area contributed by atoms with E-state index >= 15 is 0 Å². The quantitative estimate of drug-likeness (QED) is 0.284. The molecule has 0 heterocycles. The summed E-state index contributed by atoms with van der Waals surface area (Å²) in [5.41, 5.74) is 2.81. The van der Waals surface area contributed by atoms with Crippen molar-refractivity contribution in [3.8, 4) is 11.5 Å². The molecule has 3 rings (SSSR count). The molecule has 0 atom stereocenters. The topological polar surface area (TPSA) is 30.5 Å². The lowest BCUT2D eigenvalue weighted by Crippen LogP contribution is -2.05. The maximum atomic E-state index is 6.26. The predicted molar refractivity (Wildman–Crippen MR) is 130 cm³/mol. The van der Waals surface area contributed by atoms with Gasteiger partial charge in [-0.05, 0) is 71.5 Å². The standard InChI is InChI=1S/C22H19Cl3INO2/c1-2-28-21-10-14(12-27-20-6-4-3-5-17(20)24)9-19(26)22(21)29-13-15-7-8-16(23)11-18(15)25/h3-11,27H,2,12-13H2,1H3. The maximum Gasteiger partial charge on any atom is 0.174 e. The summed E-state index contributed by atoms with van der Waals surface area (Å²) in [4.78, 5) is 0. The first kappa shape index (κ1) is 22.3. The fraction of sp³-hybridized carbons (Fsp3) is 0.182. The van der Waals surface area contributed by atoms with Gasteiger partial charge in [-0.25, -0.2) is 0 Å². The number of anilines is 1. The van der Waals surface area contributed by atoms with Crippen LogP contribution in [0.15, 0.2) is 54.6 Å². The van der Waals surface area contributed by atoms with Crippen LogP contribution in [0.3, 0.4) is 0 Å². The molecule has 29 heavy (non-hydrogen) atoms. The lowest BCUT2D eigenvalue weighted by Gasteiger charge is -2.17. The first-order chi connectivity index (χ1) is 14.0. The summed E-state index contributed by atoms with van der Waals surface area (Å²) in [5.74, 6) is 1.39. The lowest BCUT2D eigenvalue weighted by molar-refractivity contribution is 0.267. The Labute approximate surface area is 199 Å². The fourth-order valence-corrected chi connectivity index (χ4v) is 4.20. The van der Waals surface area contributed by atoms with E-state index in [1.54, 1.807) is 12.1 Å². The first-order valence-electron chi connectivity index (χ1n) is 8.98. The number of para-hydroxylation sites is 1. The van der Waals surface area contributed by atoms with E-state index in [0.717, 1.165) is 20.4 Å². The summed E-state index contributed by atoms with van der Waals surface area (Å²) in [6, 6.07) is 17.1. The summed E-state index contributed by atoms with van der Waals surface area (Å²) in [5, 5.41) is 5.21. The van der Waals surface area contributed by atoms with Gasteiger partial charge in [0.25, 0.3) is 0 Å². The second-order valence-electron chi connectivity index (χ2n) is 6.20. The monoisotopic (exact) mass is 561 g/mol. The van der Waals surface area contributed by atoms with E-state index in [1.165, 1.54) is 0 Å². The lowest BCUT2D eigenvalue weighted by atomic mass is 10.2. The largest absolute Gasteiger partial charge is 0.490 e. The van der Waals surface area contributed by atoms with Gasteiger partial charge in [0.05, 0.1) is 20.9 Å². The molecular formula is C22H19Cl3INO2. The molecule has 0 bridgehead atoms. The van der Waals surface area contributed by atoms with Crippen molar-refractivity contribution in [1.29, 1.82) is 0 Å². The smallest absolute Gasteiger partial charge is 0.174 e. The van der Waals surface area contributed by atoms with Gasteiger partial charge in [-0.2, -0.15) is 0 Å². The molecule has 3 aromatic carbocycles. The Balaban J connectivity index is 1.77.